The van der Waals surface area contributed by atoms with Gasteiger partial charge in [0.05, 0.1) is 10.7 Å². The molecule has 4 heterocycles. The van der Waals surface area contributed by atoms with Crippen LogP contribution in [0.3, 0.4) is 0 Å². The van der Waals surface area contributed by atoms with Crippen molar-refractivity contribution in [1.29, 1.82) is 0 Å². The van der Waals surface area contributed by atoms with E-state index in [1.807, 2.05) is 48.7 Å². The SMILES string of the molecule is Cc1nc(-c2ccc(NC(=O)C3CCN(c4ccc5nnnn5n4)CC3)cc2)cs1. The number of amides is 1. The van der Waals surface area contributed by atoms with Crippen LogP contribution in [0, 0.1) is 12.8 Å². The Kier molecular flexibility index (Phi) is 4.83. The van der Waals surface area contributed by atoms with Gasteiger partial charge in [-0.1, -0.05) is 12.1 Å². The van der Waals surface area contributed by atoms with E-state index in [0.29, 0.717) is 5.65 Å². The van der Waals surface area contributed by atoms with Gasteiger partial charge in [0, 0.05) is 35.6 Å². The number of aromatic nitrogens is 6. The number of benzene rings is 1. The zero-order valence-corrected chi connectivity index (χ0v) is 17.2. The number of anilines is 2. The number of hydrogen-bond acceptors (Lipinski definition) is 8. The molecule has 1 N–H and O–H groups in total. The summed E-state index contributed by atoms with van der Waals surface area (Å²) in [6, 6.07) is 11.6. The fourth-order valence-electron chi connectivity index (χ4n) is 3.64. The van der Waals surface area contributed by atoms with E-state index in [1.165, 1.54) is 4.63 Å². The number of nitrogens with one attached hydrogen (secondary N) is 1. The predicted molar refractivity (Wildman–Crippen MR) is 114 cm³/mol. The van der Waals surface area contributed by atoms with Crippen molar-refractivity contribution in [2.75, 3.05) is 23.3 Å². The summed E-state index contributed by atoms with van der Waals surface area (Å²) < 4.78 is 1.42. The van der Waals surface area contributed by atoms with Gasteiger partial charge >= 0.3 is 0 Å². The largest absolute Gasteiger partial charge is 0.355 e. The van der Waals surface area contributed by atoms with Crippen LogP contribution in [0.4, 0.5) is 11.5 Å². The Hall–Kier alpha value is -3.40. The van der Waals surface area contributed by atoms with E-state index >= 15 is 0 Å². The van der Waals surface area contributed by atoms with Gasteiger partial charge in [-0.15, -0.1) is 26.2 Å². The molecule has 1 aliphatic rings. The summed E-state index contributed by atoms with van der Waals surface area (Å²) in [7, 11) is 0. The second-order valence-corrected chi connectivity index (χ2v) is 8.36. The van der Waals surface area contributed by atoms with Crippen LogP contribution in [-0.4, -0.2) is 49.2 Å². The summed E-state index contributed by atoms with van der Waals surface area (Å²) in [5.74, 6) is 0.871. The number of carbonyl (C=O) groups is 1. The number of hydrogen-bond donors (Lipinski definition) is 1. The van der Waals surface area contributed by atoms with E-state index in [1.54, 1.807) is 11.3 Å². The first kappa shape index (κ1) is 18.6. The molecule has 0 saturated carbocycles. The molecule has 1 amide bonds. The minimum absolute atomic E-state index is 0.0149. The van der Waals surface area contributed by atoms with Gasteiger partial charge in [-0.25, -0.2) is 4.98 Å². The topological polar surface area (TPSA) is 101 Å². The molecule has 0 atom stereocenters. The van der Waals surface area contributed by atoms with Crippen LogP contribution in [0.15, 0.2) is 41.8 Å². The lowest BCUT2D eigenvalue weighted by Crippen LogP contribution is -2.38. The zero-order valence-electron chi connectivity index (χ0n) is 16.4. The summed E-state index contributed by atoms with van der Waals surface area (Å²) in [5, 5.41) is 21.9. The Morgan fingerprint density at radius 1 is 1.13 bits per heavy atom. The molecule has 9 nitrogen and oxygen atoms in total. The maximum absolute atomic E-state index is 12.7. The Labute approximate surface area is 176 Å². The van der Waals surface area contributed by atoms with Crippen molar-refractivity contribution in [3.05, 3.63) is 46.8 Å². The van der Waals surface area contributed by atoms with Gasteiger partial charge in [0.1, 0.15) is 0 Å². The molecule has 4 aromatic rings. The molecule has 3 aromatic heterocycles. The van der Waals surface area contributed by atoms with Crippen LogP contribution < -0.4 is 10.2 Å². The molecule has 5 rings (SSSR count). The van der Waals surface area contributed by atoms with Crippen LogP contribution >= 0.6 is 11.3 Å². The van der Waals surface area contributed by atoms with E-state index in [9.17, 15) is 4.79 Å². The van der Waals surface area contributed by atoms with Crippen molar-refractivity contribution in [2.24, 2.45) is 5.92 Å². The van der Waals surface area contributed by atoms with E-state index in [2.05, 4.69) is 35.8 Å². The molecule has 0 bridgehead atoms. The normalized spacial score (nSPS) is 14.9. The molecular weight excluding hydrogens is 400 g/mol. The molecule has 30 heavy (non-hydrogen) atoms. The molecule has 1 saturated heterocycles. The van der Waals surface area contributed by atoms with Gasteiger partial charge in [-0.05, 0) is 54.5 Å². The van der Waals surface area contributed by atoms with Crippen LogP contribution in [0.2, 0.25) is 0 Å². The van der Waals surface area contributed by atoms with E-state index in [-0.39, 0.29) is 11.8 Å². The first-order chi connectivity index (χ1) is 14.7. The van der Waals surface area contributed by atoms with Crippen molar-refractivity contribution in [2.45, 2.75) is 19.8 Å². The third-order valence-corrected chi connectivity index (χ3v) is 6.09. The number of thiazole rings is 1. The lowest BCUT2D eigenvalue weighted by molar-refractivity contribution is -0.120. The Bertz CT molecular complexity index is 1180. The van der Waals surface area contributed by atoms with Crippen molar-refractivity contribution in [3.63, 3.8) is 0 Å². The molecule has 0 aliphatic carbocycles. The maximum Gasteiger partial charge on any atom is 0.227 e. The highest BCUT2D eigenvalue weighted by molar-refractivity contribution is 7.09. The number of nitrogens with zero attached hydrogens (tertiary/aromatic N) is 7. The van der Waals surface area contributed by atoms with Crippen LogP contribution in [0.5, 0.6) is 0 Å². The van der Waals surface area contributed by atoms with Gasteiger partial charge in [0.2, 0.25) is 5.91 Å². The number of fused-ring (bicyclic) bond motifs is 1. The molecule has 0 unspecified atom stereocenters. The van der Waals surface area contributed by atoms with Gasteiger partial charge in [0.25, 0.3) is 0 Å². The average Bonchev–Trinajstić information content (AvgIpc) is 3.42. The summed E-state index contributed by atoms with van der Waals surface area (Å²) in [6.07, 6.45) is 1.55. The second kappa shape index (κ2) is 7.79. The third-order valence-electron chi connectivity index (χ3n) is 5.31. The number of piperidine rings is 1. The lowest BCUT2D eigenvalue weighted by Gasteiger charge is -2.31. The first-order valence-electron chi connectivity index (χ1n) is 9.79. The summed E-state index contributed by atoms with van der Waals surface area (Å²) in [5.41, 5.74) is 3.45. The number of tetrazole rings is 1. The minimum atomic E-state index is -0.0149. The van der Waals surface area contributed by atoms with Crippen LogP contribution in [-0.2, 0) is 4.79 Å². The summed E-state index contributed by atoms with van der Waals surface area (Å²) >= 11 is 1.63. The van der Waals surface area contributed by atoms with E-state index in [4.69, 9.17) is 0 Å². The highest BCUT2D eigenvalue weighted by Crippen LogP contribution is 2.25. The van der Waals surface area contributed by atoms with Crippen molar-refractivity contribution < 1.29 is 4.79 Å². The highest BCUT2D eigenvalue weighted by Gasteiger charge is 2.26. The smallest absolute Gasteiger partial charge is 0.227 e. The van der Waals surface area contributed by atoms with Gasteiger partial charge in [0.15, 0.2) is 11.5 Å². The van der Waals surface area contributed by atoms with E-state index in [0.717, 1.165) is 53.7 Å². The molecule has 1 aromatic carbocycles. The Morgan fingerprint density at radius 2 is 1.93 bits per heavy atom. The Balaban J connectivity index is 1.18. The first-order valence-corrected chi connectivity index (χ1v) is 10.7. The molecule has 0 radical (unpaired) electrons. The molecule has 152 valence electrons. The average molecular weight is 421 g/mol. The van der Waals surface area contributed by atoms with Crippen molar-refractivity contribution in [3.8, 4) is 11.3 Å². The fraction of sp³-hybridized carbons (Fsp3) is 0.300. The number of aryl methyl sites for hydroxylation is 1. The molecule has 1 fully saturated rings. The number of rotatable bonds is 4. The standard InChI is InChI=1S/C20H20N8OS/c1-13-21-17(12-30-13)14-2-4-16(5-3-14)22-20(29)15-8-10-27(11-9-15)19-7-6-18-23-25-26-28(18)24-19/h2-7,12,15H,8-11H2,1H3,(H,22,29). The van der Waals surface area contributed by atoms with Gasteiger partial charge < -0.3 is 10.2 Å². The van der Waals surface area contributed by atoms with Crippen LogP contribution in [0.1, 0.15) is 17.8 Å². The lowest BCUT2D eigenvalue weighted by atomic mass is 9.95. The van der Waals surface area contributed by atoms with Gasteiger partial charge in [-0.2, -0.15) is 0 Å². The Morgan fingerprint density at radius 3 is 2.67 bits per heavy atom. The maximum atomic E-state index is 12.7. The summed E-state index contributed by atoms with van der Waals surface area (Å²) in [6.45, 7) is 3.52. The number of carbonyl (C=O) groups excluding carboxylic acids is 1. The predicted octanol–water partition coefficient (Wildman–Crippen LogP) is 2.81. The molecular formula is C20H20N8OS. The third kappa shape index (κ3) is 3.73. The van der Waals surface area contributed by atoms with Gasteiger partial charge in [-0.3, -0.25) is 4.79 Å². The monoisotopic (exact) mass is 420 g/mol. The minimum Gasteiger partial charge on any atom is -0.355 e. The zero-order chi connectivity index (χ0) is 20.5. The summed E-state index contributed by atoms with van der Waals surface area (Å²) in [4.78, 5) is 19.4. The fourth-order valence-corrected chi connectivity index (χ4v) is 4.27. The van der Waals surface area contributed by atoms with E-state index < -0.39 is 0 Å². The molecule has 0 spiro atoms. The molecule has 10 heteroatoms. The second-order valence-electron chi connectivity index (χ2n) is 7.30. The van der Waals surface area contributed by atoms with Crippen molar-refractivity contribution >= 4 is 34.4 Å². The molecule has 1 aliphatic heterocycles. The van der Waals surface area contributed by atoms with Crippen molar-refractivity contribution in [1.82, 2.24) is 30.2 Å². The quantitative estimate of drug-likeness (QED) is 0.542. The van der Waals surface area contributed by atoms with Crippen LogP contribution in [0.25, 0.3) is 16.9 Å². The highest BCUT2D eigenvalue weighted by atomic mass is 32.1.